The lowest BCUT2D eigenvalue weighted by molar-refractivity contribution is 0.332. The number of nitrogens with one attached hydrogen (secondary N) is 1. The Hall–Kier alpha value is -7.82. The van der Waals surface area contributed by atoms with Crippen molar-refractivity contribution in [2.24, 2.45) is 0 Å². The third-order valence-electron chi connectivity index (χ3n) is 15.3. The van der Waals surface area contributed by atoms with E-state index in [1.54, 1.807) is 0 Å². The summed E-state index contributed by atoms with van der Waals surface area (Å²) in [6, 6.07) is 73.5. The van der Waals surface area contributed by atoms with Crippen molar-refractivity contribution in [1.29, 1.82) is 0 Å². The van der Waals surface area contributed by atoms with Crippen molar-refractivity contribution >= 4 is 62.4 Å². The van der Waals surface area contributed by atoms with Crippen LogP contribution in [-0.4, -0.2) is 11.8 Å². The van der Waals surface area contributed by atoms with E-state index >= 15 is 0 Å². The summed E-state index contributed by atoms with van der Waals surface area (Å²) in [5.41, 5.74) is 23.0. The molecule has 3 heterocycles. The largest absolute Gasteiger partial charge is 0.455 e. The highest BCUT2D eigenvalue weighted by Gasteiger charge is 2.37. The lowest BCUT2D eigenvalue weighted by Crippen LogP contribution is -2.37. The molecule has 4 heteroatoms. The maximum absolute atomic E-state index is 7.03. The van der Waals surface area contributed by atoms with E-state index in [4.69, 9.17) is 4.42 Å². The fourth-order valence-electron chi connectivity index (χ4n) is 11.7. The van der Waals surface area contributed by atoms with Crippen molar-refractivity contribution in [3.8, 4) is 61.5 Å². The van der Waals surface area contributed by atoms with Crippen LogP contribution >= 0.6 is 0 Å². The van der Waals surface area contributed by atoms with Crippen molar-refractivity contribution in [1.82, 2.24) is 4.57 Å². The summed E-state index contributed by atoms with van der Waals surface area (Å²) in [5.74, 6) is 0.892. The van der Waals surface area contributed by atoms with Gasteiger partial charge in [-0.15, -0.1) is 0 Å². The van der Waals surface area contributed by atoms with Gasteiger partial charge >= 0.3 is 0 Å². The average Bonchev–Trinajstić information content (AvgIpc) is 3.93. The molecular formula is C64H51BN2O. The van der Waals surface area contributed by atoms with Crippen LogP contribution in [0.5, 0.6) is 0 Å². The number of rotatable bonds is 7. The molecule has 0 unspecified atom stereocenters. The summed E-state index contributed by atoms with van der Waals surface area (Å²) in [4.78, 5) is 0. The topological polar surface area (TPSA) is 30.1 Å². The smallest absolute Gasteiger partial charge is 0.198 e. The average molecular weight is 875 g/mol. The summed E-state index contributed by atoms with van der Waals surface area (Å²) in [6.07, 6.45) is 2.37. The van der Waals surface area contributed by atoms with Crippen LogP contribution in [0, 0.1) is 0 Å². The Morgan fingerprint density at radius 2 is 1.13 bits per heavy atom. The highest BCUT2D eigenvalue weighted by atomic mass is 16.3. The zero-order chi connectivity index (χ0) is 45.7. The number of para-hydroxylation sites is 1. The molecule has 13 rings (SSSR count). The van der Waals surface area contributed by atoms with Crippen molar-refractivity contribution in [3.63, 3.8) is 0 Å². The van der Waals surface area contributed by atoms with E-state index in [0.29, 0.717) is 0 Å². The van der Waals surface area contributed by atoms with Gasteiger partial charge < -0.3 is 14.3 Å². The van der Waals surface area contributed by atoms with Gasteiger partial charge in [0.2, 0.25) is 0 Å². The van der Waals surface area contributed by atoms with Gasteiger partial charge in [-0.3, -0.25) is 0 Å². The molecule has 68 heavy (non-hydrogen) atoms. The number of aromatic nitrogens is 1. The van der Waals surface area contributed by atoms with E-state index < -0.39 is 0 Å². The van der Waals surface area contributed by atoms with Gasteiger partial charge in [0, 0.05) is 55.4 Å². The molecule has 326 valence electrons. The van der Waals surface area contributed by atoms with Gasteiger partial charge in [0.05, 0.1) is 5.52 Å². The summed E-state index contributed by atoms with van der Waals surface area (Å²) >= 11 is 0. The highest BCUT2D eigenvalue weighted by molar-refractivity contribution is 6.74. The lowest BCUT2D eigenvalue weighted by atomic mass is 9.58. The Balaban J connectivity index is 1.10. The molecule has 0 saturated carbocycles. The molecular weight excluding hydrogens is 824 g/mol. The number of furan rings is 1. The summed E-state index contributed by atoms with van der Waals surface area (Å²) in [5, 5.41) is 7.62. The molecule has 1 aliphatic carbocycles. The Morgan fingerprint density at radius 3 is 1.85 bits per heavy atom. The van der Waals surface area contributed by atoms with Gasteiger partial charge in [-0.25, -0.2) is 0 Å². The number of benzene rings is 9. The number of fused-ring (bicyclic) bond motifs is 7. The molecule has 0 amide bonds. The van der Waals surface area contributed by atoms with Gasteiger partial charge in [0.1, 0.15) is 11.3 Å². The fourth-order valence-corrected chi connectivity index (χ4v) is 11.7. The van der Waals surface area contributed by atoms with E-state index in [9.17, 15) is 0 Å². The second kappa shape index (κ2) is 15.4. The van der Waals surface area contributed by atoms with Crippen LogP contribution in [0.2, 0.25) is 0 Å². The van der Waals surface area contributed by atoms with Gasteiger partial charge in [-0.2, -0.15) is 0 Å². The van der Waals surface area contributed by atoms with Crippen LogP contribution in [0.3, 0.4) is 0 Å². The minimum atomic E-state index is 0.103. The van der Waals surface area contributed by atoms with Gasteiger partial charge in [0.25, 0.3) is 0 Å². The highest BCUT2D eigenvalue weighted by Crippen LogP contribution is 2.49. The molecule has 11 aromatic rings. The van der Waals surface area contributed by atoms with E-state index in [1.807, 2.05) is 0 Å². The van der Waals surface area contributed by atoms with Crippen LogP contribution < -0.4 is 16.2 Å². The summed E-state index contributed by atoms with van der Waals surface area (Å²) in [7, 11) is 0.743. The molecule has 3 nitrogen and oxygen atoms in total. The normalized spacial score (nSPS) is 14.4. The lowest BCUT2D eigenvalue weighted by Gasteiger charge is -2.42. The second-order valence-electron chi connectivity index (χ2n) is 20.4. The molecule has 9 aromatic carbocycles. The van der Waals surface area contributed by atoms with E-state index in [1.165, 1.54) is 95.8 Å². The first-order chi connectivity index (χ1) is 33.2. The van der Waals surface area contributed by atoms with Crippen LogP contribution in [0.4, 0.5) is 11.4 Å². The molecule has 1 aliphatic heterocycles. The van der Waals surface area contributed by atoms with Gasteiger partial charge in [-0.05, 0) is 122 Å². The number of hydrogen-bond donors (Lipinski definition) is 1. The summed E-state index contributed by atoms with van der Waals surface area (Å²) in [6.45, 7) is 9.61. The Labute approximate surface area is 399 Å². The Kier molecular flexibility index (Phi) is 9.14. The molecule has 1 N–H and O–H groups in total. The van der Waals surface area contributed by atoms with Crippen LogP contribution in [0.25, 0.3) is 94.3 Å². The van der Waals surface area contributed by atoms with Crippen LogP contribution in [-0.2, 0) is 10.8 Å². The van der Waals surface area contributed by atoms with Crippen molar-refractivity contribution in [2.45, 2.75) is 51.4 Å². The van der Waals surface area contributed by atoms with Crippen LogP contribution in [0.15, 0.2) is 205 Å². The molecule has 0 fully saturated rings. The van der Waals surface area contributed by atoms with E-state index in [0.717, 1.165) is 52.1 Å². The van der Waals surface area contributed by atoms with E-state index in [2.05, 4.69) is 238 Å². The third-order valence-corrected chi connectivity index (χ3v) is 15.3. The zero-order valence-corrected chi connectivity index (χ0v) is 39.0. The number of hydrogen-bond acceptors (Lipinski definition) is 2. The van der Waals surface area contributed by atoms with Gasteiger partial charge in [-0.1, -0.05) is 185 Å². The minimum Gasteiger partial charge on any atom is -0.455 e. The molecule has 0 bridgehead atoms. The summed E-state index contributed by atoms with van der Waals surface area (Å²) < 4.78 is 9.61. The second-order valence-corrected chi connectivity index (χ2v) is 20.4. The number of nitrogens with zero attached hydrogens (tertiary/aromatic N) is 1. The molecule has 0 atom stereocenters. The third kappa shape index (κ3) is 6.42. The molecule has 0 spiro atoms. The van der Waals surface area contributed by atoms with Crippen molar-refractivity contribution < 1.29 is 4.42 Å². The standard InChI is InChI=1S/C64H51BN2O/c1-63(2)33-34-64(3,4)52-36-45(30-31-51(52)63)66-54-28-18-17-27-46(54)48-37-47(41-21-11-6-12-22-41)59-49-35-44(40-19-9-5-10-20-40)29-32-55(49)67-56-38-50-57(39-53(56)65-60(48)61(59)67)68-62(43-25-15-8-16-26-43)58(50)42-23-13-7-14-24-42/h5-32,35-39,65-66H,33-34H2,1-4H3. The maximum atomic E-state index is 7.03. The minimum absolute atomic E-state index is 0.103. The molecule has 2 aromatic heterocycles. The van der Waals surface area contributed by atoms with Crippen molar-refractivity contribution in [3.05, 3.63) is 211 Å². The fraction of sp³-hybridized carbons (Fsp3) is 0.125. The zero-order valence-electron chi connectivity index (χ0n) is 39.0. The Bertz CT molecular complexity index is 3770. The molecule has 2 aliphatic rings. The monoisotopic (exact) mass is 874 g/mol. The van der Waals surface area contributed by atoms with E-state index in [-0.39, 0.29) is 10.8 Å². The number of anilines is 2. The molecule has 0 radical (unpaired) electrons. The first-order valence-corrected chi connectivity index (χ1v) is 24.2. The SMILES string of the molecule is CC1(C)CCC(C)(C)c2cc(Nc3ccccc3-c3cc(-c4ccccc4)c4c5cc(-c6ccccc6)ccc5n5c4c3Bc3cc4oc(-c6ccccc6)c(-c6ccccc6)c4cc3-5)ccc21. The van der Waals surface area contributed by atoms with Crippen LogP contribution in [0.1, 0.15) is 51.7 Å². The predicted molar refractivity (Wildman–Crippen MR) is 289 cm³/mol. The first-order valence-electron chi connectivity index (χ1n) is 24.2. The maximum Gasteiger partial charge on any atom is 0.198 e. The first kappa shape index (κ1) is 40.5. The molecule has 0 saturated heterocycles. The quantitative estimate of drug-likeness (QED) is 0.162. The van der Waals surface area contributed by atoms with Gasteiger partial charge in [0.15, 0.2) is 7.28 Å². The Morgan fingerprint density at radius 1 is 0.500 bits per heavy atom. The van der Waals surface area contributed by atoms with Crippen molar-refractivity contribution in [2.75, 3.05) is 5.32 Å². The predicted octanol–water partition coefficient (Wildman–Crippen LogP) is 15.7.